The molecule has 0 aromatic rings. The van der Waals surface area contributed by atoms with Gasteiger partial charge in [0.25, 0.3) is 0 Å². The van der Waals surface area contributed by atoms with Gasteiger partial charge in [-0.3, -0.25) is 13.5 Å². The molecule has 0 aliphatic carbocycles. The Bertz CT molecular complexity index is 61.5. The van der Waals surface area contributed by atoms with Gasteiger partial charge in [0, 0.05) is 12.0 Å². The minimum absolute atomic E-state index is 0.184. The van der Waals surface area contributed by atoms with Crippen LogP contribution in [0.3, 0.4) is 0 Å². The molecule has 0 spiro atoms. The lowest BCUT2D eigenvalue weighted by atomic mass is 10.6. The second-order valence-corrected chi connectivity index (χ2v) is 4.14. The Morgan fingerprint density at radius 1 is 1.50 bits per heavy atom. The molecule has 0 atom stereocenters. The van der Waals surface area contributed by atoms with E-state index in [0.29, 0.717) is 0 Å². The molecule has 0 bridgehead atoms. The molecule has 52 valence electrons. The summed E-state index contributed by atoms with van der Waals surface area (Å²) < 4.78 is 28.6. The minimum Gasteiger partial charge on any atom is -0.300 e. The van der Waals surface area contributed by atoms with Crippen molar-refractivity contribution < 1.29 is 13.5 Å². The Morgan fingerprint density at radius 3 is 2.12 bits per heavy atom. The van der Waals surface area contributed by atoms with Crippen LogP contribution < -0.4 is 0 Å². The summed E-state index contributed by atoms with van der Waals surface area (Å²) in [4.78, 5) is 0. The highest BCUT2D eigenvalue weighted by atomic mass is 32.3. The summed E-state index contributed by atoms with van der Waals surface area (Å²) in [6.45, 7) is -0.469. The zero-order chi connectivity index (χ0) is 6.62. The van der Waals surface area contributed by atoms with Crippen molar-refractivity contribution in [2.75, 3.05) is 18.7 Å². The predicted molar refractivity (Wildman–Crippen MR) is 34.2 cm³/mol. The zero-order valence-corrected chi connectivity index (χ0v) is 5.62. The van der Waals surface area contributed by atoms with Crippen LogP contribution in [0, 0.1) is 0 Å². The van der Waals surface area contributed by atoms with Crippen LogP contribution in [0.5, 0.6) is 0 Å². The maximum Gasteiger partial charge on any atom is 0.0909 e. The molecule has 0 aliphatic heterocycles. The zero-order valence-electron chi connectivity index (χ0n) is 4.80. The average Bonchev–Trinajstić information content (AvgIpc) is 1.59. The molecule has 0 saturated heterocycles. The normalized spacial score (nSPS) is 14.0. The highest BCUT2D eigenvalue weighted by molar-refractivity contribution is 8.23. The monoisotopic (exact) mass is 142 g/mol. The van der Waals surface area contributed by atoms with Crippen molar-refractivity contribution in [2.24, 2.45) is 0 Å². The van der Waals surface area contributed by atoms with Crippen LogP contribution in [0.2, 0.25) is 0 Å². The molecule has 0 aliphatic rings. The van der Waals surface area contributed by atoms with Crippen LogP contribution in [0.25, 0.3) is 0 Å². The van der Waals surface area contributed by atoms with Crippen molar-refractivity contribution in [1.82, 2.24) is 0 Å². The largest absolute Gasteiger partial charge is 0.300 e. The second kappa shape index (κ2) is 3.27. The Kier molecular flexibility index (Phi) is 3.35. The Balaban J connectivity index is 3.11. The first-order valence-electron chi connectivity index (χ1n) is 2.33. The summed E-state index contributed by atoms with van der Waals surface area (Å²) in [5.41, 5.74) is 0. The smallest absolute Gasteiger partial charge is 0.0909 e. The third kappa shape index (κ3) is 6.20. The van der Waals surface area contributed by atoms with Gasteiger partial charge in [-0.25, -0.2) is 0 Å². The van der Waals surface area contributed by atoms with E-state index in [9.17, 15) is 4.39 Å². The second-order valence-electron chi connectivity index (χ2n) is 1.74. The summed E-state index contributed by atoms with van der Waals surface area (Å²) in [7, 11) is -2.43. The van der Waals surface area contributed by atoms with Crippen LogP contribution in [0.15, 0.2) is 0 Å². The molecule has 0 fully saturated rings. The van der Waals surface area contributed by atoms with Crippen LogP contribution in [0.4, 0.5) is 4.39 Å². The van der Waals surface area contributed by atoms with E-state index >= 15 is 0 Å². The maximum atomic E-state index is 11.3. The number of hydrogen-bond acceptors (Lipinski definition) is 2. The number of alkyl halides is 1. The SMILES string of the molecule is CS(O)(O)CCCF. The molecular formula is C4H11FO2S. The fourth-order valence-corrected chi connectivity index (χ4v) is 0.984. The van der Waals surface area contributed by atoms with Crippen molar-refractivity contribution in [3.63, 3.8) is 0 Å². The molecule has 2 nitrogen and oxygen atoms in total. The van der Waals surface area contributed by atoms with E-state index in [0.717, 1.165) is 0 Å². The van der Waals surface area contributed by atoms with Crippen LogP contribution in [-0.2, 0) is 0 Å². The van der Waals surface area contributed by atoms with Crippen molar-refractivity contribution in [3.8, 4) is 0 Å². The highest BCUT2D eigenvalue weighted by Crippen LogP contribution is 2.33. The van der Waals surface area contributed by atoms with Gasteiger partial charge in [-0.2, -0.15) is 10.6 Å². The first-order valence-corrected chi connectivity index (χ1v) is 4.45. The molecule has 8 heavy (non-hydrogen) atoms. The van der Waals surface area contributed by atoms with Gasteiger partial charge in [-0.05, 0) is 6.42 Å². The minimum atomic E-state index is -2.43. The lowest BCUT2D eigenvalue weighted by Crippen LogP contribution is -2.00. The molecule has 0 unspecified atom stereocenters. The Labute approximate surface area is 50.1 Å². The quantitative estimate of drug-likeness (QED) is 0.630. The van der Waals surface area contributed by atoms with E-state index in [1.807, 2.05) is 0 Å². The molecule has 0 rings (SSSR count). The third-order valence-corrected chi connectivity index (χ3v) is 1.73. The molecule has 0 heterocycles. The maximum absolute atomic E-state index is 11.3. The van der Waals surface area contributed by atoms with Gasteiger partial charge < -0.3 is 0 Å². The summed E-state index contributed by atoms with van der Waals surface area (Å²) >= 11 is 0. The van der Waals surface area contributed by atoms with Crippen LogP contribution in [0.1, 0.15) is 6.42 Å². The van der Waals surface area contributed by atoms with Gasteiger partial charge in [-0.1, -0.05) is 0 Å². The summed E-state index contributed by atoms with van der Waals surface area (Å²) in [6, 6.07) is 0. The van der Waals surface area contributed by atoms with Crippen LogP contribution >= 0.6 is 10.6 Å². The first-order chi connectivity index (χ1) is 3.56. The lowest BCUT2D eigenvalue weighted by molar-refractivity contribution is 0.462. The van der Waals surface area contributed by atoms with Crippen LogP contribution in [-0.4, -0.2) is 27.8 Å². The van der Waals surface area contributed by atoms with Crippen molar-refractivity contribution in [3.05, 3.63) is 0 Å². The summed E-state index contributed by atoms with van der Waals surface area (Å²) in [5, 5.41) is 0. The molecule has 0 aromatic carbocycles. The molecule has 0 aromatic heterocycles. The standard InChI is InChI=1S/C4H11FO2S/c1-8(6,7)4-2-3-5/h6-7H,2-4H2,1H3. The molecule has 4 heteroatoms. The van der Waals surface area contributed by atoms with Gasteiger partial charge in [-0.15, -0.1) is 0 Å². The fourth-order valence-electron chi connectivity index (χ4n) is 0.328. The third-order valence-electron chi connectivity index (χ3n) is 0.665. The molecule has 2 N–H and O–H groups in total. The number of halogens is 1. The van der Waals surface area contributed by atoms with Gasteiger partial charge in [0.2, 0.25) is 0 Å². The molecule has 0 amide bonds. The van der Waals surface area contributed by atoms with Gasteiger partial charge >= 0.3 is 0 Å². The van der Waals surface area contributed by atoms with Crippen molar-refractivity contribution in [2.45, 2.75) is 6.42 Å². The van der Waals surface area contributed by atoms with E-state index < -0.39 is 17.3 Å². The predicted octanol–water partition coefficient (Wildman–Crippen LogP) is 1.73. The fraction of sp³-hybridized carbons (Fsp3) is 1.00. The summed E-state index contributed by atoms with van der Waals surface area (Å²) in [6.07, 6.45) is 1.57. The Morgan fingerprint density at radius 2 is 2.00 bits per heavy atom. The van der Waals surface area contributed by atoms with Crippen molar-refractivity contribution in [1.29, 1.82) is 0 Å². The molecule has 0 radical (unpaired) electrons. The van der Waals surface area contributed by atoms with E-state index in [1.165, 1.54) is 6.26 Å². The van der Waals surface area contributed by atoms with E-state index in [4.69, 9.17) is 9.11 Å². The lowest BCUT2D eigenvalue weighted by Gasteiger charge is -2.25. The van der Waals surface area contributed by atoms with Gasteiger partial charge in [0.1, 0.15) is 0 Å². The van der Waals surface area contributed by atoms with Crippen molar-refractivity contribution >= 4 is 10.6 Å². The summed E-state index contributed by atoms with van der Waals surface area (Å²) in [5.74, 6) is 0.184. The Hall–Kier alpha value is 0.200. The van der Waals surface area contributed by atoms with E-state index in [-0.39, 0.29) is 12.2 Å². The molecule has 0 saturated carbocycles. The highest BCUT2D eigenvalue weighted by Gasteiger charge is 2.01. The number of hydrogen-bond donors (Lipinski definition) is 2. The topological polar surface area (TPSA) is 40.5 Å². The van der Waals surface area contributed by atoms with Gasteiger partial charge in [0.15, 0.2) is 0 Å². The number of rotatable bonds is 3. The van der Waals surface area contributed by atoms with E-state index in [1.54, 1.807) is 0 Å². The first kappa shape index (κ1) is 8.20. The average molecular weight is 142 g/mol. The molecular weight excluding hydrogens is 131 g/mol. The van der Waals surface area contributed by atoms with Gasteiger partial charge in [0.05, 0.1) is 6.67 Å². The van der Waals surface area contributed by atoms with E-state index in [2.05, 4.69) is 0 Å².